The van der Waals surface area contributed by atoms with E-state index >= 15 is 0 Å². The summed E-state index contributed by atoms with van der Waals surface area (Å²) in [4.78, 5) is 22.3. The van der Waals surface area contributed by atoms with E-state index in [4.69, 9.17) is 10.5 Å². The van der Waals surface area contributed by atoms with Gasteiger partial charge in [0.1, 0.15) is 11.8 Å². The second-order valence-corrected chi connectivity index (χ2v) is 2.89. The molecular weight excluding hydrogens is 170 g/mol. The molecule has 0 bridgehead atoms. The van der Waals surface area contributed by atoms with Gasteiger partial charge in [0, 0.05) is 12.3 Å². The van der Waals surface area contributed by atoms with Crippen molar-refractivity contribution in [3.8, 4) is 0 Å². The highest BCUT2D eigenvalue weighted by Gasteiger charge is 2.26. The standard InChI is InChI=1S/C9H17NO3/c1-4-7(11)6(3)8(10)9(12)13-5-2/h6,8H,4-5,10H2,1-3H3/t6-,8+/m1/s1. The van der Waals surface area contributed by atoms with E-state index in [1.807, 2.05) is 0 Å². The summed E-state index contributed by atoms with van der Waals surface area (Å²) in [6, 6.07) is -0.826. The highest BCUT2D eigenvalue weighted by Crippen LogP contribution is 2.06. The zero-order valence-electron chi connectivity index (χ0n) is 8.37. The van der Waals surface area contributed by atoms with Crippen molar-refractivity contribution in [3.63, 3.8) is 0 Å². The number of rotatable bonds is 5. The monoisotopic (exact) mass is 187 g/mol. The van der Waals surface area contributed by atoms with E-state index in [1.165, 1.54) is 0 Å². The van der Waals surface area contributed by atoms with E-state index in [0.717, 1.165) is 0 Å². The molecule has 0 amide bonds. The van der Waals surface area contributed by atoms with Crippen LogP contribution in [0.4, 0.5) is 0 Å². The number of hydrogen-bond donors (Lipinski definition) is 1. The van der Waals surface area contributed by atoms with Crippen molar-refractivity contribution in [1.29, 1.82) is 0 Å². The van der Waals surface area contributed by atoms with Crippen molar-refractivity contribution in [2.75, 3.05) is 6.61 Å². The van der Waals surface area contributed by atoms with Crippen LogP contribution >= 0.6 is 0 Å². The second kappa shape index (κ2) is 5.70. The molecule has 0 aliphatic carbocycles. The summed E-state index contributed by atoms with van der Waals surface area (Å²) in [5.41, 5.74) is 5.53. The Bertz CT molecular complexity index is 191. The van der Waals surface area contributed by atoms with Crippen LogP contribution in [0, 0.1) is 5.92 Å². The zero-order valence-corrected chi connectivity index (χ0v) is 8.37. The maximum Gasteiger partial charge on any atom is 0.323 e. The molecule has 0 saturated heterocycles. The molecule has 0 spiro atoms. The number of carbonyl (C=O) groups excluding carboxylic acids is 2. The number of esters is 1. The minimum absolute atomic E-state index is 0.0134. The first kappa shape index (κ1) is 12.1. The molecule has 0 aromatic heterocycles. The Hall–Kier alpha value is -0.900. The SMILES string of the molecule is CCOC(=O)[C@@H](N)[C@H](C)C(=O)CC. The van der Waals surface area contributed by atoms with Gasteiger partial charge in [-0.2, -0.15) is 0 Å². The van der Waals surface area contributed by atoms with E-state index < -0.39 is 17.9 Å². The highest BCUT2D eigenvalue weighted by molar-refractivity contribution is 5.88. The number of nitrogens with two attached hydrogens (primary N) is 1. The van der Waals surface area contributed by atoms with E-state index in [0.29, 0.717) is 13.0 Å². The lowest BCUT2D eigenvalue weighted by atomic mass is 9.96. The Morgan fingerprint density at radius 2 is 1.92 bits per heavy atom. The van der Waals surface area contributed by atoms with Crippen molar-refractivity contribution in [3.05, 3.63) is 0 Å². The molecule has 0 unspecified atom stereocenters. The number of hydrogen-bond acceptors (Lipinski definition) is 4. The Labute approximate surface area is 78.4 Å². The van der Waals surface area contributed by atoms with Crippen LogP contribution in [-0.4, -0.2) is 24.4 Å². The van der Waals surface area contributed by atoms with Gasteiger partial charge in [-0.1, -0.05) is 13.8 Å². The van der Waals surface area contributed by atoms with Gasteiger partial charge in [0.05, 0.1) is 6.61 Å². The average molecular weight is 187 g/mol. The smallest absolute Gasteiger partial charge is 0.323 e. The summed E-state index contributed by atoms with van der Waals surface area (Å²) in [6.07, 6.45) is 0.397. The van der Waals surface area contributed by atoms with Crippen molar-refractivity contribution in [1.82, 2.24) is 0 Å². The van der Waals surface area contributed by atoms with Gasteiger partial charge < -0.3 is 10.5 Å². The molecule has 0 rings (SSSR count). The van der Waals surface area contributed by atoms with Crippen molar-refractivity contribution >= 4 is 11.8 Å². The predicted molar refractivity (Wildman–Crippen MR) is 49.1 cm³/mol. The van der Waals surface area contributed by atoms with Crippen molar-refractivity contribution in [2.24, 2.45) is 11.7 Å². The Balaban J connectivity index is 4.16. The molecule has 0 aromatic carbocycles. The van der Waals surface area contributed by atoms with E-state index in [-0.39, 0.29) is 5.78 Å². The second-order valence-electron chi connectivity index (χ2n) is 2.89. The third-order valence-electron chi connectivity index (χ3n) is 1.95. The quantitative estimate of drug-likeness (QED) is 0.636. The van der Waals surface area contributed by atoms with E-state index in [2.05, 4.69) is 0 Å². The zero-order chi connectivity index (χ0) is 10.4. The topological polar surface area (TPSA) is 69.4 Å². The Morgan fingerprint density at radius 1 is 1.38 bits per heavy atom. The summed E-state index contributed by atoms with van der Waals surface area (Å²) in [6.45, 7) is 5.39. The third kappa shape index (κ3) is 3.55. The number of ketones is 1. The maximum atomic E-state index is 11.2. The van der Waals surface area contributed by atoms with Gasteiger partial charge >= 0.3 is 5.97 Å². The first-order valence-electron chi connectivity index (χ1n) is 4.49. The molecule has 13 heavy (non-hydrogen) atoms. The molecule has 76 valence electrons. The molecule has 0 saturated carbocycles. The molecule has 4 heteroatoms. The summed E-state index contributed by atoms with van der Waals surface area (Å²) < 4.78 is 4.70. The first-order chi connectivity index (χ1) is 6.04. The molecule has 0 aliphatic heterocycles. The maximum absolute atomic E-state index is 11.2. The van der Waals surface area contributed by atoms with Crippen LogP contribution in [0.1, 0.15) is 27.2 Å². The van der Waals surface area contributed by atoms with Crippen LogP contribution in [0.15, 0.2) is 0 Å². The summed E-state index contributed by atoms with van der Waals surface area (Å²) in [5, 5.41) is 0. The van der Waals surface area contributed by atoms with Gasteiger partial charge in [0.25, 0.3) is 0 Å². The van der Waals surface area contributed by atoms with Crippen LogP contribution in [0.5, 0.6) is 0 Å². The molecule has 2 N–H and O–H groups in total. The fourth-order valence-corrected chi connectivity index (χ4v) is 0.965. The summed E-state index contributed by atoms with van der Waals surface area (Å²) in [5.74, 6) is -0.971. The average Bonchev–Trinajstić information content (AvgIpc) is 2.14. The third-order valence-corrected chi connectivity index (χ3v) is 1.95. The molecular formula is C9H17NO3. The normalized spacial score (nSPS) is 14.8. The molecule has 0 aromatic rings. The lowest BCUT2D eigenvalue weighted by Crippen LogP contribution is -2.41. The molecule has 0 fully saturated rings. The molecule has 0 radical (unpaired) electrons. The van der Waals surface area contributed by atoms with Crippen LogP contribution in [0.2, 0.25) is 0 Å². The van der Waals surface area contributed by atoms with Gasteiger partial charge in [-0.25, -0.2) is 0 Å². The van der Waals surface area contributed by atoms with Gasteiger partial charge in [0.2, 0.25) is 0 Å². The molecule has 0 heterocycles. The van der Waals surface area contributed by atoms with Gasteiger partial charge in [-0.05, 0) is 6.92 Å². The van der Waals surface area contributed by atoms with Gasteiger partial charge in [-0.15, -0.1) is 0 Å². The minimum atomic E-state index is -0.826. The molecule has 4 nitrogen and oxygen atoms in total. The number of carbonyl (C=O) groups is 2. The molecule has 2 atom stereocenters. The van der Waals surface area contributed by atoms with Crippen LogP contribution < -0.4 is 5.73 Å². The number of Topliss-reactive ketones (excluding diaryl/α,β-unsaturated/α-hetero) is 1. The van der Waals surface area contributed by atoms with Crippen LogP contribution in [0.3, 0.4) is 0 Å². The summed E-state index contributed by atoms with van der Waals surface area (Å²) >= 11 is 0. The fourth-order valence-electron chi connectivity index (χ4n) is 0.965. The Kier molecular flexibility index (Phi) is 5.30. The lowest BCUT2D eigenvalue weighted by molar-refractivity contribution is -0.147. The Morgan fingerprint density at radius 3 is 2.31 bits per heavy atom. The van der Waals surface area contributed by atoms with Gasteiger partial charge in [0.15, 0.2) is 0 Å². The van der Waals surface area contributed by atoms with Crippen LogP contribution in [0.25, 0.3) is 0 Å². The van der Waals surface area contributed by atoms with Crippen LogP contribution in [-0.2, 0) is 14.3 Å². The van der Waals surface area contributed by atoms with Crippen molar-refractivity contribution in [2.45, 2.75) is 33.2 Å². The fraction of sp³-hybridized carbons (Fsp3) is 0.778. The van der Waals surface area contributed by atoms with Gasteiger partial charge in [-0.3, -0.25) is 9.59 Å². The lowest BCUT2D eigenvalue weighted by Gasteiger charge is -2.16. The predicted octanol–water partition coefficient (Wildman–Crippen LogP) is 0.492. The number of ether oxygens (including phenoxy) is 1. The largest absolute Gasteiger partial charge is 0.465 e. The molecule has 0 aliphatic rings. The summed E-state index contributed by atoms with van der Waals surface area (Å²) in [7, 11) is 0. The minimum Gasteiger partial charge on any atom is -0.465 e. The van der Waals surface area contributed by atoms with Crippen molar-refractivity contribution < 1.29 is 14.3 Å². The first-order valence-corrected chi connectivity index (χ1v) is 4.49. The van der Waals surface area contributed by atoms with E-state index in [1.54, 1.807) is 20.8 Å². The highest BCUT2D eigenvalue weighted by atomic mass is 16.5. The van der Waals surface area contributed by atoms with E-state index in [9.17, 15) is 9.59 Å².